The number of amides is 1. The molecule has 22 heavy (non-hydrogen) atoms. The van der Waals surface area contributed by atoms with Crippen LogP contribution in [0.2, 0.25) is 0 Å². The van der Waals surface area contributed by atoms with Crippen LogP contribution in [0.4, 0.5) is 0 Å². The van der Waals surface area contributed by atoms with Crippen LogP contribution in [0.3, 0.4) is 0 Å². The molecule has 0 radical (unpaired) electrons. The Morgan fingerprint density at radius 3 is 2.95 bits per heavy atom. The molecule has 1 aromatic heterocycles. The third-order valence-electron chi connectivity index (χ3n) is 3.98. The third-order valence-corrected chi connectivity index (χ3v) is 3.98. The van der Waals surface area contributed by atoms with Gasteiger partial charge in [0.25, 0.3) is 5.91 Å². The molecule has 1 aromatic rings. The molecule has 0 saturated carbocycles. The smallest absolute Gasteiger partial charge is 0.308 e. The Morgan fingerprint density at radius 1 is 1.41 bits per heavy atom. The summed E-state index contributed by atoms with van der Waals surface area (Å²) in [4.78, 5) is 29.1. The molecule has 7 nitrogen and oxygen atoms in total. The van der Waals surface area contributed by atoms with E-state index in [0.29, 0.717) is 37.6 Å². The minimum absolute atomic E-state index is 0.0268. The Kier molecular flexibility index (Phi) is 4.24. The van der Waals surface area contributed by atoms with E-state index >= 15 is 0 Å². The molecule has 2 aliphatic heterocycles. The van der Waals surface area contributed by atoms with Gasteiger partial charge in [0.05, 0.1) is 19.1 Å². The molecule has 1 N–H and O–H groups in total. The number of carboxylic acid groups (broad SMARTS) is 1. The molecule has 2 atom stereocenters. The molecule has 0 bridgehead atoms. The first-order valence-corrected chi connectivity index (χ1v) is 7.36. The second-order valence-corrected chi connectivity index (χ2v) is 5.56. The average Bonchev–Trinajstić information content (AvgIpc) is 3.18. The highest BCUT2D eigenvalue weighted by Gasteiger charge is 2.31. The van der Waals surface area contributed by atoms with Gasteiger partial charge < -0.3 is 19.5 Å². The van der Waals surface area contributed by atoms with E-state index in [4.69, 9.17) is 14.6 Å². The summed E-state index contributed by atoms with van der Waals surface area (Å²) < 4.78 is 10.9. The van der Waals surface area contributed by atoms with Crippen LogP contribution < -0.4 is 4.74 Å². The zero-order chi connectivity index (χ0) is 15.5. The fraction of sp³-hybridized carbons (Fsp3) is 0.533. The zero-order valence-corrected chi connectivity index (χ0v) is 12.1. The summed E-state index contributed by atoms with van der Waals surface area (Å²) in [6.07, 6.45) is 2.81. The summed E-state index contributed by atoms with van der Waals surface area (Å²) in [5.74, 6) is -1.11. The van der Waals surface area contributed by atoms with Gasteiger partial charge >= 0.3 is 5.97 Å². The number of ether oxygens (including phenoxy) is 2. The number of carboxylic acids is 1. The van der Waals surface area contributed by atoms with Crippen LogP contribution in [0, 0.1) is 5.92 Å². The summed E-state index contributed by atoms with van der Waals surface area (Å²) in [6, 6.07) is 3.23. The lowest BCUT2D eigenvalue weighted by molar-refractivity contribution is -0.141. The van der Waals surface area contributed by atoms with Crippen LogP contribution in [0.5, 0.6) is 5.88 Å². The van der Waals surface area contributed by atoms with Crippen LogP contribution in [-0.4, -0.2) is 59.3 Å². The van der Waals surface area contributed by atoms with Crippen molar-refractivity contribution in [2.75, 3.05) is 26.3 Å². The van der Waals surface area contributed by atoms with Gasteiger partial charge in [-0.05, 0) is 12.5 Å². The van der Waals surface area contributed by atoms with Crippen LogP contribution in [0.1, 0.15) is 23.2 Å². The van der Waals surface area contributed by atoms with Crippen molar-refractivity contribution in [2.24, 2.45) is 5.92 Å². The van der Waals surface area contributed by atoms with E-state index in [1.807, 2.05) is 0 Å². The molecular weight excluding hydrogens is 288 g/mol. The highest BCUT2D eigenvalue weighted by atomic mass is 16.5. The lowest BCUT2D eigenvalue weighted by Crippen LogP contribution is -2.30. The predicted molar refractivity (Wildman–Crippen MR) is 75.7 cm³/mol. The summed E-state index contributed by atoms with van der Waals surface area (Å²) in [7, 11) is 0. The van der Waals surface area contributed by atoms with Crippen LogP contribution in [0.25, 0.3) is 0 Å². The number of carbonyl (C=O) groups excluding carboxylic acids is 1. The van der Waals surface area contributed by atoms with E-state index in [9.17, 15) is 9.59 Å². The SMILES string of the molecule is O=C(O)C1CCN(C(=O)c2ccnc(OC3CCOC3)c2)C1. The van der Waals surface area contributed by atoms with Crippen molar-refractivity contribution in [1.82, 2.24) is 9.88 Å². The number of hydrogen-bond donors (Lipinski definition) is 1. The molecule has 118 valence electrons. The van der Waals surface area contributed by atoms with Crippen LogP contribution >= 0.6 is 0 Å². The molecule has 2 aliphatic rings. The van der Waals surface area contributed by atoms with Gasteiger partial charge in [-0.25, -0.2) is 4.98 Å². The first-order valence-electron chi connectivity index (χ1n) is 7.36. The molecular formula is C15H18N2O5. The minimum atomic E-state index is -0.852. The number of aliphatic carboxylic acids is 1. The molecule has 7 heteroatoms. The fourth-order valence-corrected chi connectivity index (χ4v) is 2.71. The number of pyridine rings is 1. The number of nitrogens with zero attached hydrogens (tertiary/aromatic N) is 2. The van der Waals surface area contributed by atoms with Crippen LogP contribution in [-0.2, 0) is 9.53 Å². The fourth-order valence-electron chi connectivity index (χ4n) is 2.71. The first-order chi connectivity index (χ1) is 10.6. The third kappa shape index (κ3) is 3.19. The summed E-state index contributed by atoms with van der Waals surface area (Å²) >= 11 is 0. The van der Waals surface area contributed by atoms with Crippen molar-refractivity contribution in [3.8, 4) is 5.88 Å². The molecule has 0 aromatic carbocycles. The quantitative estimate of drug-likeness (QED) is 0.885. The van der Waals surface area contributed by atoms with Crippen molar-refractivity contribution in [3.63, 3.8) is 0 Å². The maximum Gasteiger partial charge on any atom is 0.308 e. The van der Waals surface area contributed by atoms with E-state index in [0.717, 1.165) is 6.42 Å². The largest absolute Gasteiger partial charge is 0.481 e. The minimum Gasteiger partial charge on any atom is -0.481 e. The number of aromatic nitrogens is 1. The number of carbonyl (C=O) groups is 2. The predicted octanol–water partition coefficient (Wildman–Crippen LogP) is 0.796. The van der Waals surface area contributed by atoms with Gasteiger partial charge in [0.15, 0.2) is 0 Å². The van der Waals surface area contributed by atoms with E-state index in [1.54, 1.807) is 17.0 Å². The molecule has 0 aliphatic carbocycles. The lowest BCUT2D eigenvalue weighted by atomic mass is 10.1. The zero-order valence-electron chi connectivity index (χ0n) is 12.1. The Hall–Kier alpha value is -2.15. The Balaban J connectivity index is 1.66. The summed E-state index contributed by atoms with van der Waals surface area (Å²) in [6.45, 7) is 1.92. The van der Waals surface area contributed by atoms with Gasteiger partial charge in [-0.3, -0.25) is 9.59 Å². The van der Waals surface area contributed by atoms with Crippen molar-refractivity contribution >= 4 is 11.9 Å². The Bertz CT molecular complexity index is 571. The molecule has 2 saturated heterocycles. The first kappa shape index (κ1) is 14.8. The highest BCUT2D eigenvalue weighted by Crippen LogP contribution is 2.21. The van der Waals surface area contributed by atoms with Crippen molar-refractivity contribution in [3.05, 3.63) is 23.9 Å². The lowest BCUT2D eigenvalue weighted by Gasteiger charge is -2.16. The molecule has 3 rings (SSSR count). The molecule has 3 heterocycles. The molecule has 1 amide bonds. The van der Waals surface area contributed by atoms with Gasteiger partial charge in [0, 0.05) is 37.3 Å². The molecule has 0 spiro atoms. The monoisotopic (exact) mass is 306 g/mol. The number of rotatable bonds is 4. The van der Waals surface area contributed by atoms with Gasteiger partial charge in [-0.2, -0.15) is 0 Å². The maximum atomic E-state index is 12.4. The van der Waals surface area contributed by atoms with Crippen molar-refractivity contribution < 1.29 is 24.2 Å². The van der Waals surface area contributed by atoms with E-state index in [1.165, 1.54) is 6.20 Å². The highest BCUT2D eigenvalue weighted by molar-refractivity contribution is 5.95. The Morgan fingerprint density at radius 2 is 2.27 bits per heavy atom. The van der Waals surface area contributed by atoms with Crippen molar-refractivity contribution in [1.29, 1.82) is 0 Å². The summed E-state index contributed by atoms with van der Waals surface area (Å²) in [5, 5.41) is 9.01. The van der Waals surface area contributed by atoms with Gasteiger partial charge in [0.1, 0.15) is 6.10 Å². The van der Waals surface area contributed by atoms with Crippen LogP contribution in [0.15, 0.2) is 18.3 Å². The van der Waals surface area contributed by atoms with Gasteiger partial charge in [-0.15, -0.1) is 0 Å². The normalized spacial score (nSPS) is 24.5. The van der Waals surface area contributed by atoms with Gasteiger partial charge in [0.2, 0.25) is 5.88 Å². The van der Waals surface area contributed by atoms with Crippen molar-refractivity contribution in [2.45, 2.75) is 18.9 Å². The second-order valence-electron chi connectivity index (χ2n) is 5.56. The maximum absolute atomic E-state index is 12.4. The van der Waals surface area contributed by atoms with E-state index in [2.05, 4.69) is 4.98 Å². The van der Waals surface area contributed by atoms with E-state index < -0.39 is 11.9 Å². The topological polar surface area (TPSA) is 89.0 Å². The number of likely N-dealkylation sites (tertiary alicyclic amines) is 1. The average molecular weight is 306 g/mol. The van der Waals surface area contributed by atoms with Gasteiger partial charge in [-0.1, -0.05) is 0 Å². The molecule has 2 unspecified atom stereocenters. The standard InChI is InChI=1S/C15H18N2O5/c18-14(17-5-2-11(8-17)15(19)20)10-1-4-16-13(7-10)22-12-3-6-21-9-12/h1,4,7,11-12H,2-3,5-6,8-9H2,(H,19,20). The second kappa shape index (κ2) is 6.31. The molecule has 2 fully saturated rings. The van der Waals surface area contributed by atoms with E-state index in [-0.39, 0.29) is 18.6 Å². The number of hydrogen-bond acceptors (Lipinski definition) is 5. The summed E-state index contributed by atoms with van der Waals surface area (Å²) in [5.41, 5.74) is 0.468. The Labute approximate surface area is 127 Å².